The van der Waals surface area contributed by atoms with E-state index in [9.17, 15) is 0 Å². The Morgan fingerprint density at radius 2 is 0.700 bits per heavy atom. The van der Waals surface area contributed by atoms with Gasteiger partial charge in [-0.2, -0.15) is 0 Å². The first kappa shape index (κ1) is 17.8. The molecule has 0 radical (unpaired) electrons. The molecular formula is C30H18. The zero-order valence-corrected chi connectivity index (χ0v) is 16.4. The average molecular weight is 378 g/mol. The minimum absolute atomic E-state index is 0.887. The molecule has 0 aromatic heterocycles. The van der Waals surface area contributed by atoms with Crippen LogP contribution in [0.1, 0.15) is 11.1 Å². The fourth-order valence-electron chi connectivity index (χ4n) is 4.22. The van der Waals surface area contributed by atoms with Crippen LogP contribution in [0.25, 0.3) is 43.8 Å². The quantitative estimate of drug-likeness (QED) is 0.223. The predicted molar refractivity (Wildman–Crippen MR) is 128 cm³/mol. The van der Waals surface area contributed by atoms with Crippen LogP contribution >= 0.6 is 0 Å². The Hall–Kier alpha value is -4.26. The van der Waals surface area contributed by atoms with Gasteiger partial charge in [-0.25, -0.2) is 0 Å². The standard InChI is InChI=1S/C30H18/c1-3-21-13-17-23(18-14-21)29-25-9-5-7-11-27(25)30(28-12-8-6-10-26(28)29)24-19-15-22(4-2)16-20-24/h1-2,5-20H. The molecule has 0 fully saturated rings. The normalized spacial score (nSPS) is 10.6. The van der Waals surface area contributed by atoms with Gasteiger partial charge in [-0.3, -0.25) is 0 Å². The average Bonchev–Trinajstić information content (AvgIpc) is 2.82. The molecule has 0 nitrogen and oxygen atoms in total. The molecule has 0 N–H and O–H groups in total. The first-order chi connectivity index (χ1) is 14.8. The Balaban J connectivity index is 1.91. The van der Waals surface area contributed by atoms with Crippen LogP contribution < -0.4 is 0 Å². The number of benzene rings is 5. The summed E-state index contributed by atoms with van der Waals surface area (Å²) in [4.78, 5) is 0. The molecule has 0 heterocycles. The molecule has 0 amide bonds. The Morgan fingerprint density at radius 3 is 0.967 bits per heavy atom. The van der Waals surface area contributed by atoms with Gasteiger partial charge in [0.2, 0.25) is 0 Å². The molecule has 5 aromatic carbocycles. The molecule has 0 bridgehead atoms. The SMILES string of the molecule is C#Cc1ccc(-c2c3ccccc3c(-c3ccc(C#C)cc3)c3ccccc23)cc1. The van der Waals surface area contributed by atoms with Gasteiger partial charge >= 0.3 is 0 Å². The van der Waals surface area contributed by atoms with E-state index in [1.165, 1.54) is 32.7 Å². The smallest absolute Gasteiger partial charge is 0.0243 e. The summed E-state index contributed by atoms with van der Waals surface area (Å²) >= 11 is 0. The van der Waals surface area contributed by atoms with Crippen LogP contribution in [0.15, 0.2) is 97.1 Å². The molecule has 5 aromatic rings. The third-order valence-electron chi connectivity index (χ3n) is 5.61. The summed E-state index contributed by atoms with van der Waals surface area (Å²) < 4.78 is 0. The lowest BCUT2D eigenvalue weighted by Gasteiger charge is -2.17. The maximum atomic E-state index is 5.56. The van der Waals surface area contributed by atoms with E-state index in [1.807, 2.05) is 24.3 Å². The van der Waals surface area contributed by atoms with Crippen LogP contribution in [0.3, 0.4) is 0 Å². The van der Waals surface area contributed by atoms with Crippen molar-refractivity contribution in [2.75, 3.05) is 0 Å². The van der Waals surface area contributed by atoms with E-state index in [4.69, 9.17) is 12.8 Å². The largest absolute Gasteiger partial charge is 0.115 e. The first-order valence-corrected chi connectivity index (χ1v) is 9.87. The van der Waals surface area contributed by atoms with Crippen molar-refractivity contribution >= 4 is 21.5 Å². The van der Waals surface area contributed by atoms with Crippen molar-refractivity contribution < 1.29 is 0 Å². The van der Waals surface area contributed by atoms with Crippen LogP contribution in [-0.4, -0.2) is 0 Å². The Labute approximate surface area is 176 Å². The van der Waals surface area contributed by atoms with Crippen molar-refractivity contribution in [3.63, 3.8) is 0 Å². The van der Waals surface area contributed by atoms with Crippen molar-refractivity contribution in [1.82, 2.24) is 0 Å². The Kier molecular flexibility index (Phi) is 4.33. The third kappa shape index (κ3) is 2.84. The predicted octanol–water partition coefficient (Wildman–Crippen LogP) is 7.29. The summed E-state index contributed by atoms with van der Waals surface area (Å²) in [6.07, 6.45) is 11.1. The van der Waals surface area contributed by atoms with E-state index < -0.39 is 0 Å². The molecule has 0 spiro atoms. The van der Waals surface area contributed by atoms with E-state index in [2.05, 4.69) is 84.6 Å². The lowest BCUT2D eigenvalue weighted by Crippen LogP contribution is -1.91. The van der Waals surface area contributed by atoms with Gasteiger partial charge < -0.3 is 0 Å². The highest BCUT2D eigenvalue weighted by molar-refractivity contribution is 6.21. The van der Waals surface area contributed by atoms with Gasteiger partial charge in [0.05, 0.1) is 0 Å². The maximum Gasteiger partial charge on any atom is 0.0243 e. The van der Waals surface area contributed by atoms with Gasteiger partial charge in [0.15, 0.2) is 0 Å². The van der Waals surface area contributed by atoms with Crippen LogP contribution in [0.4, 0.5) is 0 Å². The van der Waals surface area contributed by atoms with Crippen LogP contribution in [0.2, 0.25) is 0 Å². The van der Waals surface area contributed by atoms with E-state index >= 15 is 0 Å². The van der Waals surface area contributed by atoms with E-state index in [-0.39, 0.29) is 0 Å². The second-order valence-corrected chi connectivity index (χ2v) is 7.28. The zero-order valence-electron chi connectivity index (χ0n) is 16.4. The van der Waals surface area contributed by atoms with Crippen LogP contribution in [0.5, 0.6) is 0 Å². The molecular weight excluding hydrogens is 360 g/mol. The Morgan fingerprint density at radius 1 is 0.400 bits per heavy atom. The lowest BCUT2D eigenvalue weighted by atomic mass is 9.86. The highest BCUT2D eigenvalue weighted by Crippen LogP contribution is 2.43. The van der Waals surface area contributed by atoms with Gasteiger partial charge in [-0.15, -0.1) is 12.8 Å². The topological polar surface area (TPSA) is 0 Å². The monoisotopic (exact) mass is 378 g/mol. The third-order valence-corrected chi connectivity index (χ3v) is 5.61. The van der Waals surface area contributed by atoms with Gasteiger partial charge in [-0.1, -0.05) is 84.6 Å². The first-order valence-electron chi connectivity index (χ1n) is 9.87. The molecule has 0 aliphatic carbocycles. The molecule has 0 saturated heterocycles. The number of terminal acetylenes is 2. The number of hydrogen-bond acceptors (Lipinski definition) is 0. The fourth-order valence-corrected chi connectivity index (χ4v) is 4.22. The van der Waals surface area contributed by atoms with E-state index in [0.29, 0.717) is 0 Å². The highest BCUT2D eigenvalue weighted by Gasteiger charge is 2.16. The molecule has 0 unspecified atom stereocenters. The molecule has 30 heavy (non-hydrogen) atoms. The van der Waals surface area contributed by atoms with Crippen LogP contribution in [-0.2, 0) is 0 Å². The van der Waals surface area contributed by atoms with Crippen LogP contribution in [0, 0.1) is 24.7 Å². The van der Waals surface area contributed by atoms with Crippen molar-refractivity contribution in [2.45, 2.75) is 0 Å². The van der Waals surface area contributed by atoms with Crippen molar-refractivity contribution in [2.24, 2.45) is 0 Å². The highest BCUT2D eigenvalue weighted by atomic mass is 14.2. The van der Waals surface area contributed by atoms with Crippen molar-refractivity contribution in [3.05, 3.63) is 108 Å². The summed E-state index contributed by atoms with van der Waals surface area (Å²) in [5.41, 5.74) is 6.56. The van der Waals surface area contributed by atoms with Gasteiger partial charge in [0, 0.05) is 11.1 Å². The zero-order chi connectivity index (χ0) is 20.5. The maximum absolute atomic E-state index is 5.56. The summed E-state index contributed by atoms with van der Waals surface area (Å²) in [6.45, 7) is 0. The lowest BCUT2D eigenvalue weighted by molar-refractivity contribution is 1.62. The molecule has 0 atom stereocenters. The molecule has 5 rings (SSSR count). The summed E-state index contributed by atoms with van der Waals surface area (Å²) in [5.74, 6) is 5.41. The van der Waals surface area contributed by atoms with Crippen molar-refractivity contribution in [3.8, 4) is 46.9 Å². The molecule has 138 valence electrons. The number of rotatable bonds is 2. The van der Waals surface area contributed by atoms with Crippen molar-refractivity contribution in [1.29, 1.82) is 0 Å². The second kappa shape index (κ2) is 7.29. The summed E-state index contributed by atoms with van der Waals surface area (Å²) in [5, 5.41) is 4.89. The summed E-state index contributed by atoms with van der Waals surface area (Å²) in [7, 11) is 0. The van der Waals surface area contributed by atoms with Gasteiger partial charge in [0.1, 0.15) is 0 Å². The minimum Gasteiger partial charge on any atom is -0.115 e. The molecule has 0 aliphatic rings. The van der Waals surface area contributed by atoms with Gasteiger partial charge in [-0.05, 0) is 68.1 Å². The van der Waals surface area contributed by atoms with Gasteiger partial charge in [0.25, 0.3) is 0 Å². The molecule has 0 aliphatic heterocycles. The Bertz CT molecular complexity index is 1300. The van der Waals surface area contributed by atoms with E-state index in [0.717, 1.165) is 22.3 Å². The second-order valence-electron chi connectivity index (χ2n) is 7.28. The fraction of sp³-hybridized carbons (Fsp3) is 0. The number of hydrogen-bond donors (Lipinski definition) is 0. The van der Waals surface area contributed by atoms with E-state index in [1.54, 1.807) is 0 Å². The molecule has 0 heteroatoms. The number of fused-ring (bicyclic) bond motifs is 2. The molecule has 0 saturated carbocycles. The summed E-state index contributed by atoms with van der Waals surface area (Å²) in [6, 6.07) is 33.7. The minimum atomic E-state index is 0.887.